The van der Waals surface area contributed by atoms with Crippen LogP contribution >= 0.6 is 12.2 Å². The van der Waals surface area contributed by atoms with E-state index in [0.29, 0.717) is 0 Å². The number of hydrogen-bond acceptors (Lipinski definition) is 2. The Morgan fingerprint density at radius 2 is 0.846 bits per heavy atom. The van der Waals surface area contributed by atoms with E-state index in [2.05, 4.69) is 13.8 Å². The zero-order valence-corrected chi connectivity index (χ0v) is 19.0. The van der Waals surface area contributed by atoms with Crippen LogP contribution in [0.2, 0.25) is 0 Å². The Balaban J connectivity index is 3.07. The standard InChI is InChI=1S/C24H48OS/c1-3-5-7-9-10-11-12-13-14-15-16-17-18-19-21-23-25-24(26)22-20-8-6-4-2/h3-23H2,1-2H3. The lowest BCUT2D eigenvalue weighted by Gasteiger charge is -2.07. The summed E-state index contributed by atoms with van der Waals surface area (Å²) >= 11 is 5.29. The Bertz CT molecular complexity index is 277. The molecule has 0 N–H and O–H groups in total. The smallest absolute Gasteiger partial charge is 0.159 e. The predicted molar refractivity (Wildman–Crippen MR) is 122 cm³/mol. The molecule has 0 aromatic carbocycles. The second-order valence-corrected chi connectivity index (χ2v) is 8.44. The quantitative estimate of drug-likeness (QED) is 0.144. The van der Waals surface area contributed by atoms with Crippen molar-refractivity contribution < 1.29 is 4.74 Å². The molecular formula is C24H48OS. The SMILES string of the molecule is CCCCCCCCCCCCCCCCCOC(=S)CCCCCC. The fourth-order valence-electron chi connectivity index (χ4n) is 3.43. The Labute approximate surface area is 171 Å². The van der Waals surface area contributed by atoms with Gasteiger partial charge in [-0.1, -0.05) is 123 Å². The molecule has 0 bridgehead atoms. The molecule has 0 aliphatic rings. The molecule has 0 atom stereocenters. The molecule has 0 aliphatic heterocycles. The number of hydrogen-bond donors (Lipinski definition) is 0. The first-order valence-electron chi connectivity index (χ1n) is 12.0. The van der Waals surface area contributed by atoms with Crippen molar-refractivity contribution in [3.63, 3.8) is 0 Å². The molecule has 0 aromatic heterocycles. The van der Waals surface area contributed by atoms with Crippen molar-refractivity contribution >= 4 is 17.3 Å². The Morgan fingerprint density at radius 1 is 0.500 bits per heavy atom. The zero-order valence-electron chi connectivity index (χ0n) is 18.2. The van der Waals surface area contributed by atoms with Crippen LogP contribution in [0.4, 0.5) is 0 Å². The summed E-state index contributed by atoms with van der Waals surface area (Å²) in [5.41, 5.74) is 0. The van der Waals surface area contributed by atoms with Crippen LogP contribution in [0, 0.1) is 0 Å². The molecule has 0 saturated carbocycles. The van der Waals surface area contributed by atoms with Gasteiger partial charge in [0.05, 0.1) is 6.61 Å². The molecule has 0 spiro atoms. The molecule has 0 amide bonds. The van der Waals surface area contributed by atoms with Crippen molar-refractivity contribution in [2.24, 2.45) is 0 Å². The molecule has 0 aliphatic carbocycles. The van der Waals surface area contributed by atoms with Gasteiger partial charge in [-0.3, -0.25) is 0 Å². The third-order valence-electron chi connectivity index (χ3n) is 5.25. The van der Waals surface area contributed by atoms with E-state index in [9.17, 15) is 0 Å². The lowest BCUT2D eigenvalue weighted by atomic mass is 10.0. The maximum absolute atomic E-state index is 5.67. The first kappa shape index (κ1) is 25.9. The molecule has 0 heterocycles. The summed E-state index contributed by atoms with van der Waals surface area (Å²) in [4.78, 5) is 0. The minimum atomic E-state index is 0.838. The third kappa shape index (κ3) is 21.9. The van der Waals surface area contributed by atoms with Crippen LogP contribution in [0.1, 0.15) is 142 Å². The van der Waals surface area contributed by atoms with Gasteiger partial charge in [0.25, 0.3) is 0 Å². The first-order valence-corrected chi connectivity index (χ1v) is 12.4. The highest BCUT2D eigenvalue weighted by Crippen LogP contribution is 2.13. The summed E-state index contributed by atoms with van der Waals surface area (Å²) in [5, 5.41) is 0.839. The lowest BCUT2D eigenvalue weighted by molar-refractivity contribution is 0.290. The van der Waals surface area contributed by atoms with Crippen LogP contribution in [0.25, 0.3) is 0 Å². The van der Waals surface area contributed by atoms with Gasteiger partial charge >= 0.3 is 0 Å². The van der Waals surface area contributed by atoms with Gasteiger partial charge < -0.3 is 4.74 Å². The van der Waals surface area contributed by atoms with Gasteiger partial charge in [0.1, 0.15) is 0 Å². The minimum absolute atomic E-state index is 0.838. The normalized spacial score (nSPS) is 11.0. The van der Waals surface area contributed by atoms with Gasteiger partial charge in [0.2, 0.25) is 0 Å². The number of unbranched alkanes of at least 4 members (excludes halogenated alkanes) is 17. The maximum atomic E-state index is 5.67. The average molecular weight is 385 g/mol. The predicted octanol–water partition coefficient (Wildman–Crippen LogP) is 9.17. The van der Waals surface area contributed by atoms with E-state index in [4.69, 9.17) is 17.0 Å². The van der Waals surface area contributed by atoms with Gasteiger partial charge in [-0.2, -0.15) is 0 Å². The molecule has 0 rings (SSSR count). The molecule has 26 heavy (non-hydrogen) atoms. The molecule has 1 nitrogen and oxygen atoms in total. The summed E-state index contributed by atoms with van der Waals surface area (Å²) < 4.78 is 5.67. The summed E-state index contributed by atoms with van der Waals surface area (Å²) in [6.45, 7) is 5.37. The van der Waals surface area contributed by atoms with Gasteiger partial charge in [0.15, 0.2) is 5.05 Å². The van der Waals surface area contributed by atoms with E-state index in [1.807, 2.05) is 0 Å². The molecule has 0 radical (unpaired) electrons. The van der Waals surface area contributed by atoms with E-state index >= 15 is 0 Å². The second-order valence-electron chi connectivity index (χ2n) is 7.98. The van der Waals surface area contributed by atoms with Crippen molar-refractivity contribution in [1.82, 2.24) is 0 Å². The highest BCUT2D eigenvalue weighted by molar-refractivity contribution is 7.80. The fourth-order valence-corrected chi connectivity index (χ4v) is 3.66. The molecule has 0 saturated heterocycles. The molecule has 0 fully saturated rings. The van der Waals surface area contributed by atoms with E-state index in [1.54, 1.807) is 0 Å². The maximum Gasteiger partial charge on any atom is 0.159 e. The summed E-state index contributed by atoms with van der Waals surface area (Å²) in [5.74, 6) is 0. The third-order valence-corrected chi connectivity index (χ3v) is 5.57. The molecule has 2 heteroatoms. The average Bonchev–Trinajstić information content (AvgIpc) is 2.65. The number of rotatable bonds is 21. The van der Waals surface area contributed by atoms with E-state index in [1.165, 1.54) is 122 Å². The molecule has 156 valence electrons. The van der Waals surface area contributed by atoms with Crippen LogP contribution in [0.15, 0.2) is 0 Å². The fraction of sp³-hybridized carbons (Fsp3) is 0.958. The number of ether oxygens (including phenoxy) is 1. The molecular weight excluding hydrogens is 336 g/mol. The van der Waals surface area contributed by atoms with E-state index in [-0.39, 0.29) is 0 Å². The first-order chi connectivity index (χ1) is 12.8. The van der Waals surface area contributed by atoms with E-state index < -0.39 is 0 Å². The van der Waals surface area contributed by atoms with Crippen LogP contribution in [0.5, 0.6) is 0 Å². The second kappa shape index (κ2) is 22.9. The van der Waals surface area contributed by atoms with Gasteiger partial charge in [0, 0.05) is 6.42 Å². The molecule has 0 aromatic rings. The Morgan fingerprint density at radius 3 is 1.27 bits per heavy atom. The Kier molecular flexibility index (Phi) is 22.8. The van der Waals surface area contributed by atoms with Crippen molar-refractivity contribution in [2.75, 3.05) is 6.61 Å². The van der Waals surface area contributed by atoms with Crippen molar-refractivity contribution in [3.8, 4) is 0 Å². The number of thiocarbonyl (C=S) groups is 1. The monoisotopic (exact) mass is 384 g/mol. The van der Waals surface area contributed by atoms with Gasteiger partial charge in [-0.05, 0) is 25.1 Å². The van der Waals surface area contributed by atoms with Gasteiger partial charge in [-0.15, -0.1) is 0 Å². The summed E-state index contributed by atoms with van der Waals surface area (Å²) in [6.07, 6.45) is 27.2. The van der Waals surface area contributed by atoms with Crippen LogP contribution < -0.4 is 0 Å². The van der Waals surface area contributed by atoms with E-state index in [0.717, 1.165) is 18.1 Å². The van der Waals surface area contributed by atoms with Crippen molar-refractivity contribution in [2.45, 2.75) is 142 Å². The van der Waals surface area contributed by atoms with Crippen molar-refractivity contribution in [3.05, 3.63) is 0 Å². The highest BCUT2D eigenvalue weighted by atomic mass is 32.1. The lowest BCUT2D eigenvalue weighted by Crippen LogP contribution is -2.03. The van der Waals surface area contributed by atoms with Crippen LogP contribution in [-0.2, 0) is 4.74 Å². The topological polar surface area (TPSA) is 9.23 Å². The van der Waals surface area contributed by atoms with Crippen LogP contribution in [0.3, 0.4) is 0 Å². The Hall–Kier alpha value is -0.110. The van der Waals surface area contributed by atoms with Gasteiger partial charge in [-0.25, -0.2) is 0 Å². The zero-order chi connectivity index (χ0) is 19.1. The highest BCUT2D eigenvalue weighted by Gasteiger charge is 1.98. The van der Waals surface area contributed by atoms with Crippen molar-refractivity contribution in [1.29, 1.82) is 0 Å². The minimum Gasteiger partial charge on any atom is -0.487 e. The molecule has 0 unspecified atom stereocenters. The summed E-state index contributed by atoms with van der Waals surface area (Å²) in [6, 6.07) is 0. The summed E-state index contributed by atoms with van der Waals surface area (Å²) in [7, 11) is 0. The largest absolute Gasteiger partial charge is 0.487 e. The van der Waals surface area contributed by atoms with Crippen LogP contribution in [-0.4, -0.2) is 11.7 Å².